The summed E-state index contributed by atoms with van der Waals surface area (Å²) in [6.45, 7) is 2.16. The zero-order valence-corrected chi connectivity index (χ0v) is 10.4. The number of carbonyl (C=O) groups is 1. The number of carbonyl (C=O) groups excluding carboxylic acids is 1. The molecule has 0 unspecified atom stereocenters. The van der Waals surface area contributed by atoms with Gasteiger partial charge >= 0.3 is 0 Å². The van der Waals surface area contributed by atoms with Gasteiger partial charge in [0.25, 0.3) is 5.91 Å². The molecule has 4 heteroatoms. The maximum atomic E-state index is 13.4. The standard InChI is InChI=1S/C12H11BrFNO/c1-2-3-4-7-15-12(16)10-6-5-9(13)8-11(10)14/h5-6,8H,4,7H2,1H3,(H,15,16). The largest absolute Gasteiger partial charge is 0.351 e. The first-order valence-electron chi connectivity index (χ1n) is 4.78. The van der Waals surface area contributed by atoms with Crippen molar-refractivity contribution < 1.29 is 9.18 Å². The molecule has 2 nitrogen and oxygen atoms in total. The molecular formula is C12H11BrFNO. The van der Waals surface area contributed by atoms with Crippen LogP contribution in [0.2, 0.25) is 0 Å². The number of nitrogens with one attached hydrogen (secondary N) is 1. The predicted molar refractivity (Wildman–Crippen MR) is 64.5 cm³/mol. The molecule has 0 bridgehead atoms. The van der Waals surface area contributed by atoms with E-state index in [1.807, 2.05) is 0 Å². The van der Waals surface area contributed by atoms with Gasteiger partial charge in [-0.15, -0.1) is 11.8 Å². The van der Waals surface area contributed by atoms with Gasteiger partial charge in [-0.3, -0.25) is 4.79 Å². The van der Waals surface area contributed by atoms with Gasteiger partial charge in [0.2, 0.25) is 0 Å². The Kier molecular flexibility index (Phi) is 5.00. The number of benzene rings is 1. The molecular weight excluding hydrogens is 273 g/mol. The van der Waals surface area contributed by atoms with Crippen LogP contribution in [0.3, 0.4) is 0 Å². The number of hydrogen-bond acceptors (Lipinski definition) is 1. The van der Waals surface area contributed by atoms with E-state index in [1.54, 1.807) is 13.0 Å². The van der Waals surface area contributed by atoms with E-state index >= 15 is 0 Å². The molecule has 0 saturated carbocycles. The number of halogens is 2. The van der Waals surface area contributed by atoms with Crippen LogP contribution < -0.4 is 5.32 Å². The van der Waals surface area contributed by atoms with E-state index in [0.717, 1.165) is 0 Å². The fourth-order valence-electron chi connectivity index (χ4n) is 1.13. The summed E-state index contributed by atoms with van der Waals surface area (Å²) in [4.78, 5) is 11.5. The highest BCUT2D eigenvalue weighted by Crippen LogP contribution is 2.14. The molecule has 0 spiro atoms. The van der Waals surface area contributed by atoms with Crippen molar-refractivity contribution in [3.63, 3.8) is 0 Å². The van der Waals surface area contributed by atoms with Gasteiger partial charge < -0.3 is 5.32 Å². The number of hydrogen-bond donors (Lipinski definition) is 1. The summed E-state index contributed by atoms with van der Waals surface area (Å²) >= 11 is 3.13. The Morgan fingerprint density at radius 2 is 2.31 bits per heavy atom. The van der Waals surface area contributed by atoms with Crippen molar-refractivity contribution in [2.24, 2.45) is 0 Å². The van der Waals surface area contributed by atoms with E-state index in [0.29, 0.717) is 17.4 Å². The van der Waals surface area contributed by atoms with E-state index in [2.05, 4.69) is 33.1 Å². The third-order valence-corrected chi connectivity index (χ3v) is 2.38. The second kappa shape index (κ2) is 6.29. The molecule has 84 valence electrons. The lowest BCUT2D eigenvalue weighted by Crippen LogP contribution is -2.25. The van der Waals surface area contributed by atoms with Crippen molar-refractivity contribution in [3.05, 3.63) is 34.1 Å². The van der Waals surface area contributed by atoms with Gasteiger partial charge in [-0.2, -0.15) is 0 Å². The molecule has 0 heterocycles. The Morgan fingerprint density at radius 1 is 1.56 bits per heavy atom. The normalized spacial score (nSPS) is 9.19. The Hall–Kier alpha value is -1.34. The van der Waals surface area contributed by atoms with Crippen LogP contribution >= 0.6 is 15.9 Å². The summed E-state index contributed by atoms with van der Waals surface area (Å²) in [5, 5.41) is 2.60. The van der Waals surface area contributed by atoms with Crippen molar-refractivity contribution in [2.75, 3.05) is 6.54 Å². The average Bonchev–Trinajstić information content (AvgIpc) is 2.24. The highest BCUT2D eigenvalue weighted by Gasteiger charge is 2.10. The molecule has 1 N–H and O–H groups in total. The highest BCUT2D eigenvalue weighted by molar-refractivity contribution is 9.10. The fraction of sp³-hybridized carbons (Fsp3) is 0.250. The maximum absolute atomic E-state index is 13.4. The van der Waals surface area contributed by atoms with Crippen molar-refractivity contribution >= 4 is 21.8 Å². The Bertz CT molecular complexity index is 448. The first-order valence-corrected chi connectivity index (χ1v) is 5.57. The van der Waals surface area contributed by atoms with Crippen LogP contribution in [0.15, 0.2) is 22.7 Å². The molecule has 0 fully saturated rings. The Balaban J connectivity index is 2.61. The van der Waals surface area contributed by atoms with Gasteiger partial charge in [-0.05, 0) is 25.1 Å². The summed E-state index contributed by atoms with van der Waals surface area (Å²) in [6.07, 6.45) is 0.570. The number of amides is 1. The zero-order valence-electron chi connectivity index (χ0n) is 8.81. The van der Waals surface area contributed by atoms with E-state index in [9.17, 15) is 9.18 Å². The molecule has 1 amide bonds. The lowest BCUT2D eigenvalue weighted by atomic mass is 10.2. The smallest absolute Gasteiger partial charge is 0.254 e. The third kappa shape index (κ3) is 3.67. The van der Waals surface area contributed by atoms with Crippen LogP contribution in [-0.4, -0.2) is 12.5 Å². The van der Waals surface area contributed by atoms with Gasteiger partial charge in [0.05, 0.1) is 5.56 Å². The summed E-state index contributed by atoms with van der Waals surface area (Å²) in [7, 11) is 0. The van der Waals surface area contributed by atoms with Crippen molar-refractivity contribution in [3.8, 4) is 11.8 Å². The monoisotopic (exact) mass is 283 g/mol. The molecule has 1 rings (SSSR count). The van der Waals surface area contributed by atoms with Crippen LogP contribution in [0.4, 0.5) is 4.39 Å². The lowest BCUT2D eigenvalue weighted by molar-refractivity contribution is 0.0950. The van der Waals surface area contributed by atoms with Crippen molar-refractivity contribution in [2.45, 2.75) is 13.3 Å². The van der Waals surface area contributed by atoms with Gasteiger partial charge in [0, 0.05) is 17.4 Å². The van der Waals surface area contributed by atoms with E-state index < -0.39 is 11.7 Å². The topological polar surface area (TPSA) is 29.1 Å². The molecule has 0 aliphatic rings. The summed E-state index contributed by atoms with van der Waals surface area (Å²) in [5.74, 6) is 4.58. The quantitative estimate of drug-likeness (QED) is 0.671. The first-order chi connectivity index (χ1) is 7.65. The minimum atomic E-state index is -0.534. The van der Waals surface area contributed by atoms with Gasteiger partial charge in [-0.1, -0.05) is 15.9 Å². The first kappa shape index (κ1) is 12.7. The zero-order chi connectivity index (χ0) is 12.0. The molecule has 0 aromatic heterocycles. The second-order valence-corrected chi connectivity index (χ2v) is 3.97. The van der Waals surface area contributed by atoms with Crippen LogP contribution in [0.25, 0.3) is 0 Å². The Labute approximate surface area is 102 Å². The molecule has 16 heavy (non-hydrogen) atoms. The fourth-order valence-corrected chi connectivity index (χ4v) is 1.47. The lowest BCUT2D eigenvalue weighted by Gasteiger charge is -2.04. The molecule has 0 aliphatic carbocycles. The summed E-state index contributed by atoms with van der Waals surface area (Å²) < 4.78 is 14.0. The van der Waals surface area contributed by atoms with E-state index in [4.69, 9.17) is 0 Å². The van der Waals surface area contributed by atoms with E-state index in [1.165, 1.54) is 12.1 Å². The van der Waals surface area contributed by atoms with Crippen LogP contribution in [-0.2, 0) is 0 Å². The molecule has 0 aliphatic heterocycles. The molecule has 1 aromatic rings. The predicted octanol–water partition coefficient (Wildman–Crippen LogP) is 2.73. The number of rotatable bonds is 3. The molecule has 0 atom stereocenters. The van der Waals surface area contributed by atoms with Crippen LogP contribution in [0.5, 0.6) is 0 Å². The molecule has 0 saturated heterocycles. The van der Waals surface area contributed by atoms with Gasteiger partial charge in [0.1, 0.15) is 5.82 Å². The third-order valence-electron chi connectivity index (χ3n) is 1.89. The maximum Gasteiger partial charge on any atom is 0.254 e. The minimum Gasteiger partial charge on any atom is -0.351 e. The van der Waals surface area contributed by atoms with Gasteiger partial charge in [-0.25, -0.2) is 4.39 Å². The SMILES string of the molecule is CC#CCCNC(=O)c1ccc(Br)cc1F. The summed E-state index contributed by atoms with van der Waals surface area (Å²) in [6, 6.07) is 4.34. The van der Waals surface area contributed by atoms with Crippen LogP contribution in [0, 0.1) is 17.7 Å². The summed E-state index contributed by atoms with van der Waals surface area (Å²) in [5.41, 5.74) is 0.0488. The molecule has 0 radical (unpaired) electrons. The van der Waals surface area contributed by atoms with E-state index in [-0.39, 0.29) is 5.56 Å². The highest BCUT2D eigenvalue weighted by atomic mass is 79.9. The Morgan fingerprint density at radius 3 is 2.94 bits per heavy atom. The second-order valence-electron chi connectivity index (χ2n) is 3.06. The van der Waals surface area contributed by atoms with Crippen LogP contribution in [0.1, 0.15) is 23.7 Å². The molecule has 1 aromatic carbocycles. The van der Waals surface area contributed by atoms with Crippen molar-refractivity contribution in [1.82, 2.24) is 5.32 Å². The average molecular weight is 284 g/mol. The van der Waals surface area contributed by atoms with Crippen molar-refractivity contribution in [1.29, 1.82) is 0 Å². The van der Waals surface area contributed by atoms with Gasteiger partial charge in [0.15, 0.2) is 0 Å². The minimum absolute atomic E-state index is 0.0488.